The molecule has 0 saturated carbocycles. The van der Waals surface area contributed by atoms with Crippen LogP contribution in [0, 0.1) is 0 Å². The van der Waals surface area contributed by atoms with Gasteiger partial charge in [0.2, 0.25) is 0 Å². The lowest BCUT2D eigenvalue weighted by Gasteiger charge is -2.31. The van der Waals surface area contributed by atoms with Crippen molar-refractivity contribution >= 4 is 28.8 Å². The third-order valence-corrected chi connectivity index (χ3v) is 3.64. The van der Waals surface area contributed by atoms with E-state index in [-0.39, 0.29) is 6.10 Å². The minimum absolute atomic E-state index is 0.286. The molecule has 2 N–H and O–H groups in total. The minimum Gasteiger partial charge on any atom is -0.389 e. The fourth-order valence-corrected chi connectivity index (χ4v) is 2.47. The van der Waals surface area contributed by atoms with Crippen molar-refractivity contribution < 1.29 is 4.74 Å². The summed E-state index contributed by atoms with van der Waals surface area (Å²) < 4.78 is 5.52. The van der Waals surface area contributed by atoms with E-state index in [4.69, 9.17) is 34.3 Å². The highest BCUT2D eigenvalue weighted by atomic mass is 35.5. The summed E-state index contributed by atoms with van der Waals surface area (Å²) in [6.07, 6.45) is 0.286. The fourth-order valence-electron chi connectivity index (χ4n) is 2.10. The molecular weight excluding hydrogens is 268 g/mol. The summed E-state index contributed by atoms with van der Waals surface area (Å²) in [6, 6.07) is 5.76. The maximum atomic E-state index is 6.26. The Bertz CT molecular complexity index is 453. The lowest BCUT2D eigenvalue weighted by Crippen LogP contribution is -2.40. The maximum Gasteiger partial charge on any atom is 0.104 e. The number of nitrogens with two attached hydrogens (primary N) is 1. The second kappa shape index (κ2) is 5.97. The molecule has 1 aliphatic rings. The Morgan fingerprint density at radius 1 is 1.61 bits per heavy atom. The first-order valence-electron chi connectivity index (χ1n) is 5.98. The largest absolute Gasteiger partial charge is 0.389 e. The van der Waals surface area contributed by atoms with Crippen molar-refractivity contribution in [3.63, 3.8) is 0 Å². The summed E-state index contributed by atoms with van der Waals surface area (Å²) in [5.41, 5.74) is 7.50. The van der Waals surface area contributed by atoms with Gasteiger partial charge in [-0.05, 0) is 18.6 Å². The molecule has 1 aromatic rings. The van der Waals surface area contributed by atoms with Gasteiger partial charge < -0.3 is 10.5 Å². The number of halogens is 1. The summed E-state index contributed by atoms with van der Waals surface area (Å²) in [5, 5.41) is 0.722. The predicted molar refractivity (Wildman–Crippen MR) is 78.0 cm³/mol. The second-order valence-electron chi connectivity index (χ2n) is 4.59. The van der Waals surface area contributed by atoms with E-state index in [0.717, 1.165) is 42.4 Å². The van der Waals surface area contributed by atoms with E-state index in [2.05, 4.69) is 11.8 Å². The molecule has 0 amide bonds. The molecule has 1 heterocycles. The number of benzene rings is 1. The van der Waals surface area contributed by atoms with Crippen LogP contribution in [0.15, 0.2) is 18.2 Å². The standard InChI is InChI=1S/C13H17ClN2OS/c1-9-7-16(4-5-17-9)8-11-3-2-10(13(15)18)6-12(11)14/h2-3,6,9H,4-5,7-8H2,1H3,(H2,15,18). The number of thiocarbonyl (C=S) groups is 1. The Labute approximate surface area is 118 Å². The molecule has 1 fully saturated rings. The Balaban J connectivity index is 2.07. The van der Waals surface area contributed by atoms with Crippen LogP contribution in [0.4, 0.5) is 0 Å². The van der Waals surface area contributed by atoms with Gasteiger partial charge in [-0.25, -0.2) is 0 Å². The summed E-state index contributed by atoms with van der Waals surface area (Å²) >= 11 is 11.2. The molecule has 1 unspecified atom stereocenters. The Hall–Kier alpha value is -0.680. The fraction of sp³-hybridized carbons (Fsp3) is 0.462. The molecule has 18 heavy (non-hydrogen) atoms. The van der Waals surface area contributed by atoms with E-state index in [1.54, 1.807) is 0 Å². The van der Waals surface area contributed by atoms with Crippen molar-refractivity contribution in [3.8, 4) is 0 Å². The molecule has 0 aromatic heterocycles. The van der Waals surface area contributed by atoms with E-state index < -0.39 is 0 Å². The molecule has 1 aromatic carbocycles. The van der Waals surface area contributed by atoms with Gasteiger partial charge in [-0.1, -0.05) is 36.0 Å². The van der Waals surface area contributed by atoms with Gasteiger partial charge in [0.05, 0.1) is 12.7 Å². The number of nitrogens with zero attached hydrogens (tertiary/aromatic N) is 1. The van der Waals surface area contributed by atoms with Gasteiger partial charge in [0, 0.05) is 30.2 Å². The van der Waals surface area contributed by atoms with E-state index in [1.807, 2.05) is 18.2 Å². The van der Waals surface area contributed by atoms with Crippen LogP contribution < -0.4 is 5.73 Å². The summed E-state index contributed by atoms with van der Waals surface area (Å²) in [6.45, 7) is 5.59. The number of rotatable bonds is 3. The van der Waals surface area contributed by atoms with Crippen LogP contribution in [0.25, 0.3) is 0 Å². The zero-order valence-electron chi connectivity index (χ0n) is 10.4. The van der Waals surface area contributed by atoms with Gasteiger partial charge in [0.1, 0.15) is 4.99 Å². The van der Waals surface area contributed by atoms with Crippen molar-refractivity contribution in [1.29, 1.82) is 0 Å². The summed E-state index contributed by atoms with van der Waals surface area (Å²) in [7, 11) is 0. The number of hydrogen-bond donors (Lipinski definition) is 1. The lowest BCUT2D eigenvalue weighted by atomic mass is 10.1. The molecule has 0 bridgehead atoms. The molecule has 5 heteroatoms. The van der Waals surface area contributed by atoms with Crippen LogP contribution in [0.2, 0.25) is 5.02 Å². The van der Waals surface area contributed by atoms with Crippen LogP contribution in [0.3, 0.4) is 0 Å². The quantitative estimate of drug-likeness (QED) is 0.864. The molecule has 0 spiro atoms. The third-order valence-electron chi connectivity index (χ3n) is 3.06. The van der Waals surface area contributed by atoms with Crippen molar-refractivity contribution in [2.45, 2.75) is 19.6 Å². The Kier molecular flexibility index (Phi) is 4.56. The van der Waals surface area contributed by atoms with Crippen LogP contribution in [-0.2, 0) is 11.3 Å². The highest BCUT2D eigenvalue weighted by Crippen LogP contribution is 2.20. The molecule has 2 rings (SSSR count). The first kappa shape index (κ1) is 13.7. The Morgan fingerprint density at radius 3 is 3.00 bits per heavy atom. The molecular formula is C13H17ClN2OS. The summed E-state index contributed by atoms with van der Waals surface area (Å²) in [4.78, 5) is 2.72. The minimum atomic E-state index is 0.286. The molecule has 3 nitrogen and oxygen atoms in total. The maximum absolute atomic E-state index is 6.26. The van der Waals surface area contributed by atoms with Crippen LogP contribution in [0.5, 0.6) is 0 Å². The molecule has 98 valence electrons. The van der Waals surface area contributed by atoms with Crippen LogP contribution in [-0.4, -0.2) is 35.7 Å². The van der Waals surface area contributed by atoms with Crippen molar-refractivity contribution in [1.82, 2.24) is 4.90 Å². The van der Waals surface area contributed by atoms with Gasteiger partial charge in [0.15, 0.2) is 0 Å². The number of hydrogen-bond acceptors (Lipinski definition) is 3. The summed E-state index contributed by atoms with van der Waals surface area (Å²) in [5.74, 6) is 0. The van der Waals surface area contributed by atoms with Crippen molar-refractivity contribution in [2.24, 2.45) is 5.73 Å². The Morgan fingerprint density at radius 2 is 2.39 bits per heavy atom. The average molecular weight is 285 g/mol. The molecule has 1 saturated heterocycles. The molecule has 0 radical (unpaired) electrons. The van der Waals surface area contributed by atoms with Gasteiger partial charge in [0.25, 0.3) is 0 Å². The van der Waals surface area contributed by atoms with Crippen molar-refractivity contribution in [3.05, 3.63) is 34.3 Å². The first-order valence-corrected chi connectivity index (χ1v) is 6.77. The SMILES string of the molecule is CC1CN(Cc2ccc(C(N)=S)cc2Cl)CCO1. The second-order valence-corrected chi connectivity index (χ2v) is 5.43. The van der Waals surface area contributed by atoms with E-state index in [0.29, 0.717) is 4.99 Å². The predicted octanol–water partition coefficient (Wildman–Crippen LogP) is 2.19. The topological polar surface area (TPSA) is 38.5 Å². The zero-order valence-corrected chi connectivity index (χ0v) is 11.9. The van der Waals surface area contributed by atoms with Gasteiger partial charge in [-0.2, -0.15) is 0 Å². The molecule has 1 atom stereocenters. The average Bonchev–Trinajstić information content (AvgIpc) is 2.31. The number of ether oxygens (including phenoxy) is 1. The molecule has 1 aliphatic heterocycles. The highest BCUT2D eigenvalue weighted by molar-refractivity contribution is 7.80. The van der Waals surface area contributed by atoms with Crippen molar-refractivity contribution in [2.75, 3.05) is 19.7 Å². The van der Waals surface area contributed by atoms with E-state index in [1.165, 1.54) is 0 Å². The van der Waals surface area contributed by atoms with Gasteiger partial charge >= 0.3 is 0 Å². The third kappa shape index (κ3) is 3.42. The lowest BCUT2D eigenvalue weighted by molar-refractivity contribution is -0.0212. The zero-order chi connectivity index (χ0) is 13.1. The van der Waals surface area contributed by atoms with E-state index >= 15 is 0 Å². The highest BCUT2D eigenvalue weighted by Gasteiger charge is 2.17. The first-order chi connectivity index (χ1) is 8.56. The van der Waals surface area contributed by atoms with E-state index in [9.17, 15) is 0 Å². The number of morpholine rings is 1. The van der Waals surface area contributed by atoms with Gasteiger partial charge in [-0.15, -0.1) is 0 Å². The molecule has 0 aliphatic carbocycles. The van der Waals surface area contributed by atoms with Gasteiger partial charge in [-0.3, -0.25) is 4.90 Å². The normalized spacial score (nSPS) is 20.9. The monoisotopic (exact) mass is 284 g/mol. The van der Waals surface area contributed by atoms with Crippen LogP contribution >= 0.6 is 23.8 Å². The van der Waals surface area contributed by atoms with Crippen LogP contribution in [0.1, 0.15) is 18.1 Å². The smallest absolute Gasteiger partial charge is 0.104 e.